The third kappa shape index (κ3) is 2.54. The molecule has 2 rings (SSSR count). The maximum Gasteiger partial charge on any atom is 0.0382 e. The van der Waals surface area contributed by atoms with E-state index in [2.05, 4.69) is 24.3 Å². The largest absolute Gasteiger partial charge is 0.268 e. The molecule has 0 aliphatic carbocycles. The summed E-state index contributed by atoms with van der Waals surface area (Å²) in [5.41, 5.74) is 2.83. The SMILES string of the molecule is CC.NN1CCc2ccccc2C1. The molecule has 1 aromatic rings. The Labute approximate surface area is 80.3 Å². The van der Waals surface area contributed by atoms with E-state index in [-0.39, 0.29) is 0 Å². The van der Waals surface area contributed by atoms with Gasteiger partial charge in [0.05, 0.1) is 0 Å². The van der Waals surface area contributed by atoms with E-state index in [1.165, 1.54) is 11.1 Å². The quantitative estimate of drug-likeness (QED) is 0.615. The summed E-state index contributed by atoms with van der Waals surface area (Å²) in [6, 6.07) is 8.49. The number of nitrogens with zero attached hydrogens (tertiary/aromatic N) is 1. The zero-order chi connectivity index (χ0) is 9.68. The number of rotatable bonds is 0. The number of hydrogen-bond donors (Lipinski definition) is 1. The fourth-order valence-corrected chi connectivity index (χ4v) is 1.52. The van der Waals surface area contributed by atoms with Gasteiger partial charge in [0, 0.05) is 13.1 Å². The molecule has 0 aromatic heterocycles. The lowest BCUT2D eigenvalue weighted by atomic mass is 10.0. The first-order valence-electron chi connectivity index (χ1n) is 4.93. The van der Waals surface area contributed by atoms with Gasteiger partial charge in [0.1, 0.15) is 0 Å². The molecule has 0 saturated carbocycles. The molecule has 0 fully saturated rings. The second-order valence-corrected chi connectivity index (χ2v) is 2.99. The molecule has 1 heterocycles. The number of hydrogen-bond acceptors (Lipinski definition) is 2. The number of nitrogens with two attached hydrogens (primary N) is 1. The highest BCUT2D eigenvalue weighted by Gasteiger charge is 2.11. The van der Waals surface area contributed by atoms with Crippen LogP contribution in [0.25, 0.3) is 0 Å². The number of fused-ring (bicyclic) bond motifs is 1. The van der Waals surface area contributed by atoms with Crippen LogP contribution in [0.5, 0.6) is 0 Å². The van der Waals surface area contributed by atoms with Crippen molar-refractivity contribution in [1.82, 2.24) is 5.01 Å². The summed E-state index contributed by atoms with van der Waals surface area (Å²) in [4.78, 5) is 0. The molecule has 1 aromatic carbocycles. The maximum absolute atomic E-state index is 5.68. The first-order valence-corrected chi connectivity index (χ1v) is 4.93. The third-order valence-electron chi connectivity index (χ3n) is 2.16. The summed E-state index contributed by atoms with van der Waals surface area (Å²) in [7, 11) is 0. The Bertz CT molecular complexity index is 258. The smallest absolute Gasteiger partial charge is 0.0382 e. The molecule has 1 aliphatic heterocycles. The van der Waals surface area contributed by atoms with Crippen LogP contribution >= 0.6 is 0 Å². The van der Waals surface area contributed by atoms with Crippen molar-refractivity contribution in [3.63, 3.8) is 0 Å². The number of hydrazine groups is 1. The van der Waals surface area contributed by atoms with Crippen LogP contribution < -0.4 is 5.84 Å². The molecule has 13 heavy (non-hydrogen) atoms. The van der Waals surface area contributed by atoms with Crippen LogP contribution in [-0.4, -0.2) is 11.6 Å². The second-order valence-electron chi connectivity index (χ2n) is 2.99. The van der Waals surface area contributed by atoms with Gasteiger partial charge in [-0.3, -0.25) is 5.84 Å². The van der Waals surface area contributed by atoms with Crippen LogP contribution in [0.3, 0.4) is 0 Å². The average molecular weight is 178 g/mol. The highest BCUT2D eigenvalue weighted by Crippen LogP contribution is 2.15. The fourth-order valence-electron chi connectivity index (χ4n) is 1.52. The Morgan fingerprint density at radius 2 is 1.77 bits per heavy atom. The van der Waals surface area contributed by atoms with Crippen molar-refractivity contribution in [3.8, 4) is 0 Å². The molecule has 2 heteroatoms. The van der Waals surface area contributed by atoms with Crippen LogP contribution in [0, 0.1) is 0 Å². The van der Waals surface area contributed by atoms with Crippen molar-refractivity contribution in [2.24, 2.45) is 5.84 Å². The third-order valence-corrected chi connectivity index (χ3v) is 2.16. The van der Waals surface area contributed by atoms with Gasteiger partial charge in [-0.25, -0.2) is 5.01 Å². The van der Waals surface area contributed by atoms with Crippen molar-refractivity contribution >= 4 is 0 Å². The lowest BCUT2D eigenvalue weighted by molar-refractivity contribution is 0.263. The van der Waals surface area contributed by atoms with Gasteiger partial charge in [-0.05, 0) is 17.5 Å². The van der Waals surface area contributed by atoms with E-state index in [9.17, 15) is 0 Å². The summed E-state index contributed by atoms with van der Waals surface area (Å²) >= 11 is 0. The summed E-state index contributed by atoms with van der Waals surface area (Å²) in [6.07, 6.45) is 1.09. The molecule has 0 bridgehead atoms. The standard InChI is InChI=1S/C9H12N2.C2H6/c10-11-6-5-8-3-1-2-4-9(8)7-11;1-2/h1-4H,5-7,10H2;1-2H3. The molecule has 0 radical (unpaired) electrons. The van der Waals surface area contributed by atoms with Crippen molar-refractivity contribution in [2.45, 2.75) is 26.8 Å². The highest BCUT2D eigenvalue weighted by atomic mass is 15.4. The van der Waals surface area contributed by atoms with Gasteiger partial charge in [-0.15, -0.1) is 0 Å². The van der Waals surface area contributed by atoms with E-state index < -0.39 is 0 Å². The van der Waals surface area contributed by atoms with Gasteiger partial charge in [0.25, 0.3) is 0 Å². The van der Waals surface area contributed by atoms with Gasteiger partial charge >= 0.3 is 0 Å². The summed E-state index contributed by atoms with van der Waals surface area (Å²) in [6.45, 7) is 5.88. The molecule has 2 nitrogen and oxygen atoms in total. The van der Waals surface area contributed by atoms with Gasteiger partial charge in [0.2, 0.25) is 0 Å². The predicted molar refractivity (Wildman–Crippen MR) is 56.1 cm³/mol. The molecular weight excluding hydrogens is 160 g/mol. The van der Waals surface area contributed by atoms with Gasteiger partial charge in [-0.1, -0.05) is 38.1 Å². The van der Waals surface area contributed by atoms with Gasteiger partial charge < -0.3 is 0 Å². The molecular formula is C11H18N2. The first-order chi connectivity index (χ1) is 6.36. The Morgan fingerprint density at radius 1 is 1.15 bits per heavy atom. The Hall–Kier alpha value is -0.860. The van der Waals surface area contributed by atoms with Gasteiger partial charge in [-0.2, -0.15) is 0 Å². The molecule has 72 valence electrons. The Morgan fingerprint density at radius 3 is 2.46 bits per heavy atom. The zero-order valence-corrected chi connectivity index (χ0v) is 8.46. The monoisotopic (exact) mass is 178 g/mol. The highest BCUT2D eigenvalue weighted by molar-refractivity contribution is 5.28. The average Bonchev–Trinajstić information content (AvgIpc) is 2.21. The van der Waals surface area contributed by atoms with E-state index >= 15 is 0 Å². The van der Waals surface area contributed by atoms with E-state index in [4.69, 9.17) is 5.84 Å². The van der Waals surface area contributed by atoms with Crippen LogP contribution in [-0.2, 0) is 13.0 Å². The first kappa shape index (κ1) is 10.2. The van der Waals surface area contributed by atoms with E-state index in [1.807, 2.05) is 18.9 Å². The number of benzene rings is 1. The Balaban J connectivity index is 0.000000396. The minimum Gasteiger partial charge on any atom is -0.268 e. The van der Waals surface area contributed by atoms with E-state index in [1.54, 1.807) is 0 Å². The molecule has 2 N–H and O–H groups in total. The van der Waals surface area contributed by atoms with Crippen LogP contribution in [0.15, 0.2) is 24.3 Å². The fraction of sp³-hybridized carbons (Fsp3) is 0.455. The lowest BCUT2D eigenvalue weighted by Crippen LogP contribution is -2.35. The van der Waals surface area contributed by atoms with Crippen molar-refractivity contribution in [1.29, 1.82) is 0 Å². The van der Waals surface area contributed by atoms with E-state index in [0.717, 1.165) is 19.5 Å². The summed E-state index contributed by atoms with van der Waals surface area (Å²) in [5, 5.41) is 1.86. The minimum absolute atomic E-state index is 0.899. The van der Waals surface area contributed by atoms with E-state index in [0.29, 0.717) is 0 Å². The lowest BCUT2D eigenvalue weighted by Gasteiger charge is -2.23. The van der Waals surface area contributed by atoms with Gasteiger partial charge in [0.15, 0.2) is 0 Å². The maximum atomic E-state index is 5.68. The second kappa shape index (κ2) is 5.00. The van der Waals surface area contributed by atoms with Crippen molar-refractivity contribution in [3.05, 3.63) is 35.4 Å². The summed E-state index contributed by atoms with van der Waals surface area (Å²) in [5.74, 6) is 5.68. The molecule has 1 aliphatic rings. The molecule has 0 amide bonds. The van der Waals surface area contributed by atoms with Crippen molar-refractivity contribution in [2.75, 3.05) is 6.54 Å². The minimum atomic E-state index is 0.899. The Kier molecular flexibility index (Phi) is 3.93. The van der Waals surface area contributed by atoms with Crippen LogP contribution in [0.1, 0.15) is 25.0 Å². The zero-order valence-electron chi connectivity index (χ0n) is 8.46. The summed E-state index contributed by atoms with van der Waals surface area (Å²) < 4.78 is 0. The van der Waals surface area contributed by atoms with Crippen LogP contribution in [0.4, 0.5) is 0 Å². The van der Waals surface area contributed by atoms with Crippen LogP contribution in [0.2, 0.25) is 0 Å². The molecule has 0 atom stereocenters. The molecule has 0 unspecified atom stereocenters. The molecule has 0 saturated heterocycles. The molecule has 0 spiro atoms. The normalized spacial score (nSPS) is 15.6. The topological polar surface area (TPSA) is 29.3 Å². The van der Waals surface area contributed by atoms with Crippen molar-refractivity contribution < 1.29 is 0 Å². The predicted octanol–water partition coefficient (Wildman–Crippen LogP) is 1.94.